The molecule has 1 aliphatic rings. The normalized spacial score (nSPS) is 13.2. The van der Waals surface area contributed by atoms with E-state index in [2.05, 4.69) is 15.7 Å². The molecule has 2 amide bonds. The molecule has 0 atom stereocenters. The molecule has 154 valence electrons. The van der Waals surface area contributed by atoms with E-state index in [0.29, 0.717) is 28.5 Å². The van der Waals surface area contributed by atoms with Gasteiger partial charge < -0.3 is 10.6 Å². The maximum absolute atomic E-state index is 12.9. The van der Waals surface area contributed by atoms with Gasteiger partial charge in [-0.25, -0.2) is 4.68 Å². The second kappa shape index (κ2) is 8.50. The van der Waals surface area contributed by atoms with Gasteiger partial charge in [0.25, 0.3) is 11.8 Å². The lowest BCUT2D eigenvalue weighted by Gasteiger charge is -2.08. The van der Waals surface area contributed by atoms with Gasteiger partial charge in [0.1, 0.15) is 5.15 Å². The van der Waals surface area contributed by atoms with Crippen LogP contribution in [0.15, 0.2) is 48.5 Å². The van der Waals surface area contributed by atoms with Gasteiger partial charge in [-0.05, 0) is 49.6 Å². The minimum absolute atomic E-state index is 0.143. The van der Waals surface area contributed by atoms with Crippen LogP contribution in [0.25, 0.3) is 0 Å². The summed E-state index contributed by atoms with van der Waals surface area (Å²) in [5.41, 5.74) is 2.66. The Morgan fingerprint density at radius 3 is 2.60 bits per heavy atom. The number of anilines is 1. The van der Waals surface area contributed by atoms with Crippen molar-refractivity contribution in [1.82, 2.24) is 15.1 Å². The highest BCUT2D eigenvalue weighted by Gasteiger charge is 2.24. The summed E-state index contributed by atoms with van der Waals surface area (Å²) in [5.74, 6) is -0.530. The van der Waals surface area contributed by atoms with E-state index in [-0.39, 0.29) is 28.6 Å². The first-order valence-electron chi connectivity index (χ1n) is 9.61. The van der Waals surface area contributed by atoms with Gasteiger partial charge >= 0.3 is 0 Å². The maximum Gasteiger partial charge on any atom is 0.260 e. The molecule has 8 heteroatoms. The van der Waals surface area contributed by atoms with Gasteiger partial charge in [-0.3, -0.25) is 9.59 Å². The van der Waals surface area contributed by atoms with Crippen molar-refractivity contribution < 1.29 is 9.59 Å². The first kappa shape index (κ1) is 20.4. The predicted molar refractivity (Wildman–Crippen MR) is 117 cm³/mol. The van der Waals surface area contributed by atoms with E-state index in [1.807, 2.05) is 18.2 Å². The molecule has 0 radical (unpaired) electrons. The molecule has 2 aromatic carbocycles. The molecule has 30 heavy (non-hydrogen) atoms. The second-order valence-corrected chi connectivity index (χ2v) is 8.05. The first-order valence-corrected chi connectivity index (χ1v) is 10.4. The molecular formula is C22H20Cl2N4O2. The molecule has 0 spiro atoms. The number of hydrogen-bond acceptors (Lipinski definition) is 3. The van der Waals surface area contributed by atoms with Gasteiger partial charge in [-0.15, -0.1) is 0 Å². The molecule has 3 aromatic rings. The van der Waals surface area contributed by atoms with Gasteiger partial charge in [-0.1, -0.05) is 47.5 Å². The third-order valence-electron chi connectivity index (χ3n) is 4.87. The largest absolute Gasteiger partial charge is 0.349 e. The Balaban J connectivity index is 1.52. The quantitative estimate of drug-likeness (QED) is 0.581. The lowest BCUT2D eigenvalue weighted by molar-refractivity contribution is 0.0949. The van der Waals surface area contributed by atoms with Crippen LogP contribution in [0, 0.1) is 6.92 Å². The van der Waals surface area contributed by atoms with Crippen LogP contribution in [0.1, 0.15) is 44.8 Å². The summed E-state index contributed by atoms with van der Waals surface area (Å²) in [7, 11) is 0. The number of aromatic nitrogens is 2. The Labute approximate surface area is 184 Å². The Morgan fingerprint density at radius 1 is 1.10 bits per heavy atom. The minimum Gasteiger partial charge on any atom is -0.349 e. The second-order valence-electron chi connectivity index (χ2n) is 7.28. The van der Waals surface area contributed by atoms with Crippen LogP contribution < -0.4 is 10.6 Å². The fourth-order valence-corrected chi connectivity index (χ4v) is 3.65. The van der Waals surface area contributed by atoms with E-state index in [9.17, 15) is 9.59 Å². The highest BCUT2D eigenvalue weighted by molar-refractivity contribution is 6.34. The number of amides is 2. The third-order valence-corrected chi connectivity index (χ3v) is 5.62. The number of carbonyl (C=O) groups is 2. The summed E-state index contributed by atoms with van der Waals surface area (Å²) >= 11 is 12.7. The van der Waals surface area contributed by atoms with E-state index in [1.165, 1.54) is 0 Å². The number of hydrogen-bond donors (Lipinski definition) is 2. The highest BCUT2D eigenvalue weighted by Crippen LogP contribution is 2.25. The molecule has 0 aliphatic heterocycles. The van der Waals surface area contributed by atoms with Crippen LogP contribution in [0.4, 0.5) is 5.69 Å². The predicted octanol–water partition coefficient (Wildman–Crippen LogP) is 4.69. The smallest absolute Gasteiger partial charge is 0.260 e. The number of rotatable bonds is 6. The molecule has 4 rings (SSSR count). The third kappa shape index (κ3) is 4.50. The average Bonchev–Trinajstić information content (AvgIpc) is 3.48. The van der Waals surface area contributed by atoms with Crippen LogP contribution in [-0.4, -0.2) is 27.6 Å². The minimum atomic E-state index is -0.386. The van der Waals surface area contributed by atoms with Crippen LogP contribution in [0.3, 0.4) is 0 Å². The van der Waals surface area contributed by atoms with E-state index in [1.54, 1.807) is 41.9 Å². The van der Waals surface area contributed by atoms with Gasteiger partial charge in [0.05, 0.1) is 17.8 Å². The summed E-state index contributed by atoms with van der Waals surface area (Å²) in [6, 6.07) is 14.5. The number of carbonyl (C=O) groups excluding carboxylic acids is 2. The molecule has 1 fully saturated rings. The van der Waals surface area contributed by atoms with Crippen molar-refractivity contribution in [3.8, 4) is 0 Å². The van der Waals surface area contributed by atoms with Crippen molar-refractivity contribution in [2.75, 3.05) is 5.32 Å². The Bertz CT molecular complexity index is 1120. The molecule has 6 nitrogen and oxygen atoms in total. The summed E-state index contributed by atoms with van der Waals surface area (Å²) in [4.78, 5) is 25.1. The fraction of sp³-hybridized carbons (Fsp3) is 0.227. The molecule has 1 aliphatic carbocycles. The van der Waals surface area contributed by atoms with Gasteiger partial charge in [0.15, 0.2) is 0 Å². The van der Waals surface area contributed by atoms with E-state index in [0.717, 1.165) is 18.4 Å². The Morgan fingerprint density at radius 2 is 1.87 bits per heavy atom. The van der Waals surface area contributed by atoms with E-state index in [4.69, 9.17) is 23.2 Å². The van der Waals surface area contributed by atoms with Crippen molar-refractivity contribution in [2.24, 2.45) is 0 Å². The zero-order valence-electron chi connectivity index (χ0n) is 16.3. The van der Waals surface area contributed by atoms with Crippen molar-refractivity contribution in [1.29, 1.82) is 0 Å². The lowest BCUT2D eigenvalue weighted by atomic mass is 10.1. The maximum atomic E-state index is 12.9. The van der Waals surface area contributed by atoms with Crippen molar-refractivity contribution in [3.63, 3.8) is 0 Å². The molecule has 1 heterocycles. The molecule has 0 unspecified atom stereocenters. The van der Waals surface area contributed by atoms with Gasteiger partial charge in [0, 0.05) is 22.3 Å². The number of benzene rings is 2. The lowest BCUT2D eigenvalue weighted by Crippen LogP contribution is -2.25. The number of halogens is 2. The first-order chi connectivity index (χ1) is 14.4. The van der Waals surface area contributed by atoms with Crippen LogP contribution >= 0.6 is 23.2 Å². The Hall–Kier alpha value is -2.83. The van der Waals surface area contributed by atoms with Crippen molar-refractivity contribution >= 4 is 40.7 Å². The van der Waals surface area contributed by atoms with E-state index >= 15 is 0 Å². The highest BCUT2D eigenvalue weighted by atomic mass is 35.5. The molecular weight excluding hydrogens is 423 g/mol. The fourth-order valence-electron chi connectivity index (χ4n) is 3.13. The summed E-state index contributed by atoms with van der Waals surface area (Å²) in [5, 5.41) is 11.0. The summed E-state index contributed by atoms with van der Waals surface area (Å²) in [6.45, 7) is 2.08. The monoisotopic (exact) mass is 442 g/mol. The molecule has 2 N–H and O–H groups in total. The van der Waals surface area contributed by atoms with E-state index < -0.39 is 0 Å². The SMILES string of the molecule is Cc1nn(Cc2ccccc2Cl)c(Cl)c1C(=O)Nc1cccc(C(=O)NC2CC2)c1. The van der Waals surface area contributed by atoms with Gasteiger partial charge in [-0.2, -0.15) is 5.10 Å². The Kier molecular flexibility index (Phi) is 5.79. The van der Waals surface area contributed by atoms with Crippen molar-refractivity contribution in [2.45, 2.75) is 32.4 Å². The van der Waals surface area contributed by atoms with Gasteiger partial charge in [0.2, 0.25) is 0 Å². The standard InChI is InChI=1S/C22H20Cl2N4O2/c1-13-19(20(24)28(27-13)12-15-5-2-3-8-18(15)23)22(30)26-17-7-4-6-14(11-17)21(29)25-16-9-10-16/h2-8,11,16H,9-10,12H2,1H3,(H,25,29)(H,26,30). The molecule has 1 aromatic heterocycles. The summed E-state index contributed by atoms with van der Waals surface area (Å²) in [6.07, 6.45) is 2.02. The zero-order valence-corrected chi connectivity index (χ0v) is 17.8. The number of nitrogens with zero attached hydrogens (tertiary/aromatic N) is 2. The van der Waals surface area contributed by atoms with Crippen LogP contribution in [0.5, 0.6) is 0 Å². The molecule has 0 saturated heterocycles. The van der Waals surface area contributed by atoms with Crippen molar-refractivity contribution in [3.05, 3.63) is 81.1 Å². The van der Waals surface area contributed by atoms with Crippen LogP contribution in [0.2, 0.25) is 10.2 Å². The summed E-state index contributed by atoms with van der Waals surface area (Å²) < 4.78 is 1.55. The number of aryl methyl sites for hydroxylation is 1. The number of nitrogens with one attached hydrogen (secondary N) is 2. The molecule has 0 bridgehead atoms. The zero-order chi connectivity index (χ0) is 21.3. The van der Waals surface area contributed by atoms with Crippen LogP contribution in [-0.2, 0) is 6.54 Å². The topological polar surface area (TPSA) is 76.0 Å². The average molecular weight is 443 g/mol. The molecule has 1 saturated carbocycles.